The van der Waals surface area contributed by atoms with Gasteiger partial charge in [-0.15, -0.1) is 0 Å². The van der Waals surface area contributed by atoms with Crippen LogP contribution in [0, 0.1) is 29.6 Å². The molecule has 0 aliphatic carbocycles. The molecule has 0 saturated carbocycles. The maximum absolute atomic E-state index is 8.52. The van der Waals surface area contributed by atoms with Gasteiger partial charge in [-0.05, 0) is 0 Å². The maximum Gasteiger partial charge on any atom is 2.00 e. The van der Waals surface area contributed by atoms with E-state index in [0.29, 0.717) is 0 Å². The molecule has 0 aliphatic heterocycles. The summed E-state index contributed by atoms with van der Waals surface area (Å²) in [6.07, 6.45) is 0. The quantitative estimate of drug-likeness (QED) is 0.362. The second kappa shape index (κ2) is 58.9. The minimum absolute atomic E-state index is 0. The standard InChI is InChI=1S/2BrO3.Mg.6H2O/c2*2-1(3)4;;;;;;;/h;;;6*1H2/q2*-1;+2;;;;;;. The van der Waals surface area contributed by atoms with Crippen LogP contribution in [0.3, 0.4) is 0 Å². The Kier molecular flexibility index (Phi) is 283. The van der Waals surface area contributed by atoms with Gasteiger partial charge in [0.25, 0.3) is 0 Å². The molecular formula is H12Br2MgO12. The third-order valence-corrected chi connectivity index (χ3v) is 0. The van der Waals surface area contributed by atoms with E-state index in [1.165, 1.54) is 0 Å². The molecule has 12 N–H and O–H groups in total. The van der Waals surface area contributed by atoms with Gasteiger partial charge in [0.2, 0.25) is 29.6 Å². The Morgan fingerprint density at radius 1 is 0.400 bits per heavy atom. The molecule has 0 fully saturated rings. The van der Waals surface area contributed by atoms with Crippen molar-refractivity contribution in [2.75, 3.05) is 0 Å². The average Bonchev–Trinajstić information content (AvgIpc) is 1.25. The van der Waals surface area contributed by atoms with E-state index in [4.69, 9.17) is 25.2 Å². The van der Waals surface area contributed by atoms with Gasteiger partial charge in [-0.3, -0.25) is 0 Å². The van der Waals surface area contributed by atoms with Crippen LogP contribution >= 0.6 is 0 Å². The summed E-state index contributed by atoms with van der Waals surface area (Å²) in [6, 6.07) is 0. The molecule has 0 heterocycles. The van der Waals surface area contributed by atoms with Gasteiger partial charge in [-0.25, -0.2) is 0 Å². The van der Waals surface area contributed by atoms with Crippen molar-refractivity contribution >= 4 is 23.1 Å². The second-order valence-corrected chi connectivity index (χ2v) is 1.96. The predicted octanol–water partition coefficient (Wildman–Crippen LogP) is -12.5. The SMILES string of the molecule is O.O.O.O.O.O.[Mg+2].[O-][Br+2]([O-])[O-].[O-][Br+2]([O-])[O-]. The van der Waals surface area contributed by atoms with E-state index in [1.54, 1.807) is 0 Å². The van der Waals surface area contributed by atoms with Crippen molar-refractivity contribution in [3.8, 4) is 0 Å². The summed E-state index contributed by atoms with van der Waals surface area (Å²) in [4.78, 5) is 0. The Labute approximate surface area is 110 Å². The van der Waals surface area contributed by atoms with Crippen LogP contribution in [0.25, 0.3) is 0 Å². The van der Waals surface area contributed by atoms with Crippen LogP contribution < -0.4 is 25.2 Å². The fraction of sp³-hybridized carbons (Fsp3) is 0. The van der Waals surface area contributed by atoms with E-state index < -0.39 is 29.6 Å². The summed E-state index contributed by atoms with van der Waals surface area (Å²) in [5.74, 6) is 0. The normalized spacial score (nSPS) is 4.80. The molecule has 0 rings (SSSR count). The van der Waals surface area contributed by atoms with Gasteiger partial charge in [-0.1, -0.05) is 0 Å². The molecule has 15 heteroatoms. The van der Waals surface area contributed by atoms with Gasteiger partial charge in [0, 0.05) is 0 Å². The third kappa shape index (κ3) is 1720. The third-order valence-electron chi connectivity index (χ3n) is 0. The monoisotopic (exact) mass is 386 g/mol. The zero-order valence-electron chi connectivity index (χ0n) is 6.91. The molecule has 0 aromatic heterocycles. The van der Waals surface area contributed by atoms with E-state index >= 15 is 0 Å². The zero-order valence-corrected chi connectivity index (χ0v) is 11.5. The first-order valence-electron chi connectivity index (χ1n) is 0.926. The molecule has 0 bridgehead atoms. The number of rotatable bonds is 0. The predicted molar refractivity (Wildman–Crippen MR) is 27.4 cm³/mol. The van der Waals surface area contributed by atoms with Gasteiger partial charge in [0.05, 0.1) is 0 Å². The van der Waals surface area contributed by atoms with Gasteiger partial charge in [0.1, 0.15) is 0 Å². The maximum atomic E-state index is 8.52. The Hall–Kier alpha value is 1.25. The fourth-order valence-electron chi connectivity index (χ4n) is 0. The van der Waals surface area contributed by atoms with Crippen molar-refractivity contribution in [1.29, 1.82) is 0 Å². The summed E-state index contributed by atoms with van der Waals surface area (Å²) >= 11 is -7.29. The Balaban J connectivity index is -0.00000000468. The van der Waals surface area contributed by atoms with E-state index in [-0.39, 0.29) is 55.9 Å². The van der Waals surface area contributed by atoms with Crippen molar-refractivity contribution < 1.29 is 87.7 Å². The summed E-state index contributed by atoms with van der Waals surface area (Å²) in [7, 11) is 0. The van der Waals surface area contributed by atoms with Crippen molar-refractivity contribution in [3.63, 3.8) is 0 Å². The van der Waals surface area contributed by atoms with E-state index in [0.717, 1.165) is 0 Å². The number of hydrogen-bond donors (Lipinski definition) is 0. The number of hydrogen-bond acceptors (Lipinski definition) is 6. The summed E-state index contributed by atoms with van der Waals surface area (Å²) in [5.41, 5.74) is 0. The topological polar surface area (TPSA) is 327 Å². The van der Waals surface area contributed by atoms with Crippen LogP contribution in [0.1, 0.15) is 0 Å². The van der Waals surface area contributed by atoms with E-state index in [9.17, 15) is 0 Å². The average molecular weight is 388 g/mol. The molecule has 0 aromatic carbocycles. The Morgan fingerprint density at radius 3 is 0.400 bits per heavy atom. The summed E-state index contributed by atoms with van der Waals surface area (Å²) in [5, 5.41) is 0. The number of halogens is 2. The van der Waals surface area contributed by atoms with Crippen LogP contribution in [0.5, 0.6) is 0 Å². The molecule has 100 valence electrons. The van der Waals surface area contributed by atoms with E-state index in [1.807, 2.05) is 0 Å². The minimum Gasteiger partial charge on any atom is -0.412 e. The molecule has 0 amide bonds. The van der Waals surface area contributed by atoms with Crippen molar-refractivity contribution in [1.82, 2.24) is 0 Å². The molecule has 0 saturated heterocycles. The van der Waals surface area contributed by atoms with Gasteiger partial charge in [0.15, 0.2) is 0 Å². The molecule has 0 atom stereocenters. The van der Waals surface area contributed by atoms with Crippen molar-refractivity contribution in [3.05, 3.63) is 0 Å². The van der Waals surface area contributed by atoms with Crippen LogP contribution in [0.4, 0.5) is 0 Å². The molecule has 15 heavy (non-hydrogen) atoms. The largest absolute Gasteiger partial charge is 2.00 e. The van der Waals surface area contributed by atoms with E-state index in [2.05, 4.69) is 0 Å². The zero-order chi connectivity index (χ0) is 7.15. The van der Waals surface area contributed by atoms with Crippen LogP contribution in [0.2, 0.25) is 0 Å². The first kappa shape index (κ1) is 71.9. The van der Waals surface area contributed by atoms with Crippen LogP contribution in [0.15, 0.2) is 0 Å². The first-order chi connectivity index (χ1) is 3.46. The fourth-order valence-corrected chi connectivity index (χ4v) is 0. The first-order valence-corrected chi connectivity index (χ1v) is 4.81. The van der Waals surface area contributed by atoms with Crippen molar-refractivity contribution in [2.24, 2.45) is 0 Å². The summed E-state index contributed by atoms with van der Waals surface area (Å²) < 4.78 is 51.1. The molecule has 0 aliphatic rings. The smallest absolute Gasteiger partial charge is 0.412 e. The summed E-state index contributed by atoms with van der Waals surface area (Å²) in [6.45, 7) is 0. The van der Waals surface area contributed by atoms with Crippen LogP contribution in [-0.4, -0.2) is 55.9 Å². The Morgan fingerprint density at radius 2 is 0.400 bits per heavy atom. The van der Waals surface area contributed by atoms with Crippen molar-refractivity contribution in [2.45, 2.75) is 0 Å². The Bertz CT molecular complexity index is 29.1. The minimum atomic E-state index is -3.65. The molecule has 0 aromatic rings. The molecular weight excluding hydrogens is 376 g/mol. The molecule has 0 spiro atoms. The van der Waals surface area contributed by atoms with Gasteiger partial charge in [-0.2, -0.15) is 0 Å². The van der Waals surface area contributed by atoms with Gasteiger partial charge < -0.3 is 58.0 Å². The molecule has 0 unspecified atom stereocenters. The molecule has 12 nitrogen and oxygen atoms in total. The van der Waals surface area contributed by atoms with Gasteiger partial charge >= 0.3 is 23.1 Å². The van der Waals surface area contributed by atoms with Crippen LogP contribution in [-0.2, 0) is 0 Å². The second-order valence-electron chi connectivity index (χ2n) is 0.378. The molecule has 0 radical (unpaired) electrons.